The number of nitrogens with zero attached hydrogens (tertiary/aromatic N) is 2. The average molecular weight is 421 g/mol. The van der Waals surface area contributed by atoms with Crippen LogP contribution in [0.2, 0.25) is 0 Å². The predicted octanol–water partition coefficient (Wildman–Crippen LogP) is 4.73. The van der Waals surface area contributed by atoms with Crippen LogP contribution in [0.4, 0.5) is 9.59 Å². The van der Waals surface area contributed by atoms with Crippen LogP contribution in [-0.4, -0.2) is 46.2 Å². The van der Waals surface area contributed by atoms with Gasteiger partial charge in [0.2, 0.25) is 0 Å². The molecule has 2 amide bonds. The lowest BCUT2D eigenvalue weighted by Gasteiger charge is -2.48. The van der Waals surface area contributed by atoms with E-state index in [1.54, 1.807) is 4.90 Å². The summed E-state index contributed by atoms with van der Waals surface area (Å²) >= 11 is 0. The summed E-state index contributed by atoms with van der Waals surface area (Å²) in [6.45, 7) is 1.54. The number of piperidine rings is 1. The summed E-state index contributed by atoms with van der Waals surface area (Å²) in [6.07, 6.45) is 3.61. The van der Waals surface area contributed by atoms with E-state index in [-0.39, 0.29) is 30.9 Å². The van der Waals surface area contributed by atoms with Gasteiger partial charge in [-0.15, -0.1) is 0 Å². The quantitative estimate of drug-likeness (QED) is 0.717. The molecule has 6 nitrogen and oxygen atoms in total. The van der Waals surface area contributed by atoms with Crippen LogP contribution in [0.15, 0.2) is 60.7 Å². The van der Waals surface area contributed by atoms with Crippen molar-refractivity contribution in [2.75, 3.05) is 6.54 Å². The van der Waals surface area contributed by atoms with E-state index in [4.69, 9.17) is 9.47 Å². The summed E-state index contributed by atoms with van der Waals surface area (Å²) in [7, 11) is 0. The van der Waals surface area contributed by atoms with Crippen molar-refractivity contribution >= 4 is 12.2 Å². The molecule has 3 saturated heterocycles. The minimum atomic E-state index is -0.452. The molecule has 2 aromatic rings. The highest BCUT2D eigenvalue weighted by molar-refractivity contribution is 5.71. The second-order valence-electron chi connectivity index (χ2n) is 8.95. The van der Waals surface area contributed by atoms with E-state index in [1.165, 1.54) is 0 Å². The summed E-state index contributed by atoms with van der Waals surface area (Å²) in [5, 5.41) is 0. The summed E-state index contributed by atoms with van der Waals surface area (Å²) in [5.74, 6) is 0. The van der Waals surface area contributed by atoms with Gasteiger partial charge in [-0.2, -0.15) is 0 Å². The number of rotatable bonds is 4. The van der Waals surface area contributed by atoms with E-state index < -0.39 is 5.60 Å². The molecule has 6 heteroatoms. The van der Waals surface area contributed by atoms with Gasteiger partial charge < -0.3 is 19.3 Å². The fourth-order valence-corrected chi connectivity index (χ4v) is 5.36. The third-order valence-corrected chi connectivity index (χ3v) is 6.87. The number of carbonyl (C=O) groups is 2. The largest absolute Gasteiger partial charge is 0.445 e. The zero-order valence-corrected chi connectivity index (χ0v) is 17.6. The first-order valence-electron chi connectivity index (χ1n) is 11.1. The van der Waals surface area contributed by atoms with Crippen molar-refractivity contribution in [3.8, 4) is 0 Å². The van der Waals surface area contributed by atoms with Crippen molar-refractivity contribution in [1.82, 2.24) is 9.80 Å². The lowest BCUT2D eigenvalue weighted by atomic mass is 9.82. The van der Waals surface area contributed by atoms with Gasteiger partial charge in [0.1, 0.15) is 12.2 Å². The van der Waals surface area contributed by atoms with E-state index >= 15 is 0 Å². The Bertz CT molecular complexity index is 919. The van der Waals surface area contributed by atoms with E-state index in [2.05, 4.69) is 0 Å². The van der Waals surface area contributed by atoms with Crippen molar-refractivity contribution in [3.05, 3.63) is 71.8 Å². The Labute approximate surface area is 182 Å². The lowest BCUT2D eigenvalue weighted by Crippen LogP contribution is -2.58. The Morgan fingerprint density at radius 2 is 1.58 bits per heavy atom. The van der Waals surface area contributed by atoms with Gasteiger partial charge in [-0.3, -0.25) is 0 Å². The third-order valence-electron chi connectivity index (χ3n) is 6.87. The first-order chi connectivity index (χ1) is 15.1. The minimum absolute atomic E-state index is 0.0792. The molecule has 0 aliphatic carbocycles. The fourth-order valence-electron chi connectivity index (χ4n) is 5.36. The van der Waals surface area contributed by atoms with Crippen LogP contribution in [0, 0.1) is 0 Å². The van der Waals surface area contributed by atoms with Crippen LogP contribution in [-0.2, 0) is 22.6 Å². The molecule has 162 valence electrons. The molecular weight excluding hydrogens is 392 g/mol. The Kier molecular flexibility index (Phi) is 5.30. The molecule has 2 atom stereocenters. The van der Waals surface area contributed by atoms with E-state index in [0.29, 0.717) is 25.9 Å². The Morgan fingerprint density at radius 1 is 0.968 bits per heavy atom. The molecule has 31 heavy (non-hydrogen) atoms. The SMILES string of the molecule is O=C1OC2(CCN1Cc1ccccc1)CC1CCC(C2)N1C(=O)OCc1ccccc1. The Hall–Kier alpha value is -3.02. The molecule has 0 saturated carbocycles. The number of hydrogen-bond acceptors (Lipinski definition) is 4. The number of carbonyl (C=O) groups excluding carboxylic acids is 2. The topological polar surface area (TPSA) is 59.1 Å². The van der Waals surface area contributed by atoms with E-state index in [9.17, 15) is 9.59 Å². The molecule has 0 aromatic heterocycles. The number of ether oxygens (including phenoxy) is 2. The number of hydrogen-bond donors (Lipinski definition) is 0. The maximum Gasteiger partial charge on any atom is 0.410 e. The maximum absolute atomic E-state index is 12.8. The first kappa shape index (κ1) is 19.9. The molecule has 2 bridgehead atoms. The molecule has 3 aliphatic rings. The van der Waals surface area contributed by atoms with Gasteiger partial charge in [0.15, 0.2) is 0 Å². The van der Waals surface area contributed by atoms with Gasteiger partial charge >= 0.3 is 12.2 Å². The van der Waals surface area contributed by atoms with Crippen molar-refractivity contribution in [2.24, 2.45) is 0 Å². The van der Waals surface area contributed by atoms with Gasteiger partial charge in [-0.1, -0.05) is 60.7 Å². The normalized spacial score (nSPS) is 27.3. The van der Waals surface area contributed by atoms with Gasteiger partial charge in [0.25, 0.3) is 0 Å². The summed E-state index contributed by atoms with van der Waals surface area (Å²) < 4.78 is 11.6. The van der Waals surface area contributed by atoms with Crippen LogP contribution in [0.25, 0.3) is 0 Å². The molecule has 0 radical (unpaired) electrons. The molecule has 3 heterocycles. The molecule has 3 aliphatic heterocycles. The monoisotopic (exact) mass is 420 g/mol. The highest BCUT2D eigenvalue weighted by atomic mass is 16.6. The predicted molar refractivity (Wildman–Crippen MR) is 115 cm³/mol. The maximum atomic E-state index is 12.8. The number of benzene rings is 2. The van der Waals surface area contributed by atoms with Crippen LogP contribution in [0.1, 0.15) is 43.2 Å². The van der Waals surface area contributed by atoms with E-state index in [0.717, 1.165) is 30.4 Å². The van der Waals surface area contributed by atoms with Crippen LogP contribution < -0.4 is 0 Å². The molecule has 0 N–H and O–H groups in total. The van der Waals surface area contributed by atoms with Gasteiger partial charge in [0.05, 0.1) is 0 Å². The van der Waals surface area contributed by atoms with Gasteiger partial charge in [-0.25, -0.2) is 9.59 Å². The zero-order valence-electron chi connectivity index (χ0n) is 17.6. The number of fused-ring (bicyclic) bond motifs is 2. The Balaban J connectivity index is 1.20. The lowest BCUT2D eigenvalue weighted by molar-refractivity contribution is -0.0967. The highest BCUT2D eigenvalue weighted by Crippen LogP contribution is 2.46. The van der Waals surface area contributed by atoms with Crippen molar-refractivity contribution in [1.29, 1.82) is 0 Å². The minimum Gasteiger partial charge on any atom is -0.445 e. The fraction of sp³-hybridized carbons (Fsp3) is 0.440. The van der Waals surface area contributed by atoms with Crippen LogP contribution in [0.3, 0.4) is 0 Å². The average Bonchev–Trinajstić information content (AvgIpc) is 3.07. The molecule has 2 aromatic carbocycles. The summed E-state index contributed by atoms with van der Waals surface area (Å²) in [4.78, 5) is 29.3. The smallest absolute Gasteiger partial charge is 0.410 e. The third kappa shape index (κ3) is 4.11. The van der Waals surface area contributed by atoms with E-state index in [1.807, 2.05) is 65.6 Å². The van der Waals surface area contributed by atoms with Crippen LogP contribution in [0.5, 0.6) is 0 Å². The molecule has 5 rings (SSSR count). The molecule has 2 unspecified atom stereocenters. The standard InChI is InChI=1S/C25H28N2O4/c28-23-26(17-19-7-3-1-4-8-19)14-13-25(31-23)15-21-11-12-22(16-25)27(21)24(29)30-18-20-9-5-2-6-10-20/h1-10,21-22H,11-18H2. The van der Waals surface area contributed by atoms with Crippen molar-refractivity contribution < 1.29 is 19.1 Å². The summed E-state index contributed by atoms with van der Waals surface area (Å²) in [5.41, 5.74) is 1.63. The zero-order chi connectivity index (χ0) is 21.3. The van der Waals surface area contributed by atoms with Gasteiger partial charge in [0, 0.05) is 44.4 Å². The molecular formula is C25H28N2O4. The number of amides is 2. The first-order valence-corrected chi connectivity index (χ1v) is 11.1. The molecule has 1 spiro atoms. The Morgan fingerprint density at radius 3 is 2.19 bits per heavy atom. The second-order valence-corrected chi connectivity index (χ2v) is 8.95. The van der Waals surface area contributed by atoms with Crippen LogP contribution >= 0.6 is 0 Å². The molecule has 3 fully saturated rings. The highest BCUT2D eigenvalue weighted by Gasteiger charge is 2.54. The second kappa shape index (κ2) is 8.25. The van der Waals surface area contributed by atoms with Crippen molar-refractivity contribution in [3.63, 3.8) is 0 Å². The van der Waals surface area contributed by atoms with Gasteiger partial charge in [-0.05, 0) is 24.0 Å². The summed E-state index contributed by atoms with van der Waals surface area (Å²) in [6, 6.07) is 19.9. The van der Waals surface area contributed by atoms with Crippen molar-refractivity contribution in [2.45, 2.75) is 62.9 Å².